The molecule has 2 rings (SSSR count). The molecule has 0 spiro atoms. The van der Waals surface area contributed by atoms with Crippen molar-refractivity contribution in [2.45, 2.75) is 58.2 Å². The number of hydrogen-bond donors (Lipinski definition) is 1. The Morgan fingerprint density at radius 2 is 1.95 bits per heavy atom. The van der Waals surface area contributed by atoms with Crippen molar-refractivity contribution in [2.24, 2.45) is 0 Å². The molecule has 0 bridgehead atoms. The average molecular weight is 261 g/mol. The first kappa shape index (κ1) is 14.5. The Labute approximate surface area is 117 Å². The van der Waals surface area contributed by atoms with E-state index in [2.05, 4.69) is 48.1 Å². The molecule has 1 atom stereocenters. The minimum Gasteiger partial charge on any atom is -0.311 e. The summed E-state index contributed by atoms with van der Waals surface area (Å²) in [6.07, 6.45) is 7.41. The van der Waals surface area contributed by atoms with E-state index in [0.29, 0.717) is 11.6 Å². The zero-order valence-electron chi connectivity index (χ0n) is 12.5. The number of hydrogen-bond acceptors (Lipinski definition) is 3. The van der Waals surface area contributed by atoms with Gasteiger partial charge >= 0.3 is 0 Å². The van der Waals surface area contributed by atoms with Gasteiger partial charge in [-0.25, -0.2) is 0 Å². The maximum Gasteiger partial charge on any atom is 0.0333 e. The fourth-order valence-electron chi connectivity index (χ4n) is 3.13. The van der Waals surface area contributed by atoms with Crippen molar-refractivity contribution >= 4 is 0 Å². The Balaban J connectivity index is 2.15. The zero-order valence-corrected chi connectivity index (χ0v) is 12.5. The molecule has 19 heavy (non-hydrogen) atoms. The summed E-state index contributed by atoms with van der Waals surface area (Å²) in [7, 11) is 0. The molecular formula is C16H27N3. The fourth-order valence-corrected chi connectivity index (χ4v) is 3.13. The zero-order chi connectivity index (χ0) is 13.7. The minimum atomic E-state index is 0.314. The molecule has 0 saturated carbocycles. The van der Waals surface area contributed by atoms with Crippen LogP contribution in [0, 0.1) is 0 Å². The third kappa shape index (κ3) is 3.15. The highest BCUT2D eigenvalue weighted by atomic mass is 15.3. The monoisotopic (exact) mass is 261 g/mol. The van der Waals surface area contributed by atoms with Gasteiger partial charge in [-0.05, 0) is 37.0 Å². The van der Waals surface area contributed by atoms with Gasteiger partial charge in [0.1, 0.15) is 0 Å². The fraction of sp³-hybridized carbons (Fsp3) is 0.688. The first-order valence-corrected chi connectivity index (χ1v) is 7.61. The van der Waals surface area contributed by atoms with E-state index in [4.69, 9.17) is 0 Å². The summed E-state index contributed by atoms with van der Waals surface area (Å²) in [6.45, 7) is 10.2. The largest absolute Gasteiger partial charge is 0.311 e. The van der Waals surface area contributed by atoms with E-state index in [9.17, 15) is 0 Å². The Bertz CT molecular complexity index is 373. The summed E-state index contributed by atoms with van der Waals surface area (Å²) in [5.41, 5.74) is 1.69. The summed E-state index contributed by atoms with van der Waals surface area (Å²) >= 11 is 0. The molecule has 3 nitrogen and oxygen atoms in total. The van der Waals surface area contributed by atoms with E-state index in [0.717, 1.165) is 19.6 Å². The predicted molar refractivity (Wildman–Crippen MR) is 80.0 cm³/mol. The lowest BCUT2D eigenvalue weighted by molar-refractivity contribution is 0.0238. The van der Waals surface area contributed by atoms with Gasteiger partial charge in [-0.3, -0.25) is 9.88 Å². The van der Waals surface area contributed by atoms with Crippen LogP contribution in [0.4, 0.5) is 0 Å². The maximum absolute atomic E-state index is 4.12. The van der Waals surface area contributed by atoms with Gasteiger partial charge in [0, 0.05) is 43.6 Å². The van der Waals surface area contributed by atoms with Crippen molar-refractivity contribution in [3.8, 4) is 0 Å². The van der Waals surface area contributed by atoms with Gasteiger partial charge in [-0.1, -0.05) is 20.8 Å². The maximum atomic E-state index is 4.12. The molecule has 1 aliphatic heterocycles. The van der Waals surface area contributed by atoms with Crippen LogP contribution in [0.5, 0.6) is 0 Å². The van der Waals surface area contributed by atoms with Crippen molar-refractivity contribution in [3.05, 3.63) is 30.1 Å². The first-order valence-electron chi connectivity index (χ1n) is 7.61. The highest BCUT2D eigenvalue weighted by Crippen LogP contribution is 2.29. The summed E-state index contributed by atoms with van der Waals surface area (Å²) in [5.74, 6) is 0. The molecule has 1 fully saturated rings. The molecule has 1 N–H and O–H groups in total. The van der Waals surface area contributed by atoms with Crippen LogP contribution < -0.4 is 5.32 Å². The smallest absolute Gasteiger partial charge is 0.0333 e. The van der Waals surface area contributed by atoms with Crippen LogP contribution in [0.2, 0.25) is 0 Å². The second kappa shape index (κ2) is 6.49. The second-order valence-electron chi connectivity index (χ2n) is 5.65. The van der Waals surface area contributed by atoms with Crippen LogP contribution in [0.15, 0.2) is 24.5 Å². The van der Waals surface area contributed by atoms with E-state index < -0.39 is 0 Å². The van der Waals surface area contributed by atoms with Crippen LogP contribution in [0.25, 0.3) is 0 Å². The van der Waals surface area contributed by atoms with Gasteiger partial charge in [-0.15, -0.1) is 0 Å². The number of aromatic nitrogens is 1. The second-order valence-corrected chi connectivity index (χ2v) is 5.65. The number of pyridine rings is 1. The SMILES string of the molecule is CCC1CN(Cc2ccncc2)C(CC)(CC)CN1. The molecular weight excluding hydrogens is 234 g/mol. The molecule has 106 valence electrons. The van der Waals surface area contributed by atoms with Gasteiger partial charge in [-0.2, -0.15) is 0 Å². The lowest BCUT2D eigenvalue weighted by atomic mass is 9.86. The van der Waals surface area contributed by atoms with E-state index in [1.165, 1.54) is 24.8 Å². The molecule has 0 aliphatic carbocycles. The van der Waals surface area contributed by atoms with Gasteiger partial charge in [0.25, 0.3) is 0 Å². The quantitative estimate of drug-likeness (QED) is 0.883. The number of piperazine rings is 1. The van der Waals surface area contributed by atoms with Crippen molar-refractivity contribution in [2.75, 3.05) is 13.1 Å². The molecule has 3 heteroatoms. The van der Waals surface area contributed by atoms with Crippen molar-refractivity contribution < 1.29 is 0 Å². The van der Waals surface area contributed by atoms with Gasteiger partial charge in [0.05, 0.1) is 0 Å². The van der Waals surface area contributed by atoms with Crippen LogP contribution in [-0.2, 0) is 6.54 Å². The Kier molecular flexibility index (Phi) is 4.94. The lowest BCUT2D eigenvalue weighted by Crippen LogP contribution is -2.63. The predicted octanol–water partition coefficient (Wildman–Crippen LogP) is 2.82. The first-order chi connectivity index (χ1) is 9.24. The number of rotatable bonds is 5. The average Bonchev–Trinajstić information content (AvgIpc) is 2.48. The normalized spacial score (nSPS) is 23.4. The van der Waals surface area contributed by atoms with Gasteiger partial charge in [0.2, 0.25) is 0 Å². The highest BCUT2D eigenvalue weighted by molar-refractivity contribution is 5.11. The van der Waals surface area contributed by atoms with Crippen molar-refractivity contribution in [1.29, 1.82) is 0 Å². The molecule has 0 amide bonds. The van der Waals surface area contributed by atoms with Gasteiger partial charge in [0.15, 0.2) is 0 Å². The van der Waals surface area contributed by atoms with Crippen LogP contribution in [-0.4, -0.2) is 34.6 Å². The van der Waals surface area contributed by atoms with Crippen molar-refractivity contribution in [3.63, 3.8) is 0 Å². The summed E-state index contributed by atoms with van der Waals surface area (Å²) in [6, 6.07) is 4.91. The number of nitrogens with one attached hydrogen (secondary N) is 1. The van der Waals surface area contributed by atoms with Gasteiger partial charge < -0.3 is 5.32 Å². The van der Waals surface area contributed by atoms with E-state index in [1.807, 2.05) is 12.4 Å². The molecule has 1 aliphatic rings. The third-order valence-corrected chi connectivity index (χ3v) is 4.76. The molecule has 1 aromatic rings. The summed E-state index contributed by atoms with van der Waals surface area (Å²) < 4.78 is 0. The van der Waals surface area contributed by atoms with Crippen LogP contribution >= 0.6 is 0 Å². The third-order valence-electron chi connectivity index (χ3n) is 4.76. The van der Waals surface area contributed by atoms with E-state index in [-0.39, 0.29) is 0 Å². The van der Waals surface area contributed by atoms with E-state index >= 15 is 0 Å². The summed E-state index contributed by atoms with van der Waals surface area (Å²) in [5, 5.41) is 3.72. The van der Waals surface area contributed by atoms with Crippen LogP contribution in [0.1, 0.15) is 45.6 Å². The Morgan fingerprint density at radius 3 is 2.53 bits per heavy atom. The van der Waals surface area contributed by atoms with Crippen LogP contribution in [0.3, 0.4) is 0 Å². The number of nitrogens with zero attached hydrogens (tertiary/aromatic N) is 2. The molecule has 2 heterocycles. The highest BCUT2D eigenvalue weighted by Gasteiger charge is 2.38. The summed E-state index contributed by atoms with van der Waals surface area (Å²) in [4.78, 5) is 6.80. The molecule has 1 unspecified atom stereocenters. The molecule has 0 aromatic carbocycles. The lowest BCUT2D eigenvalue weighted by Gasteiger charge is -2.49. The van der Waals surface area contributed by atoms with Crippen molar-refractivity contribution in [1.82, 2.24) is 15.2 Å². The topological polar surface area (TPSA) is 28.2 Å². The molecule has 0 radical (unpaired) electrons. The Morgan fingerprint density at radius 1 is 1.26 bits per heavy atom. The Hall–Kier alpha value is -0.930. The minimum absolute atomic E-state index is 0.314. The molecule has 1 saturated heterocycles. The molecule has 1 aromatic heterocycles. The van der Waals surface area contributed by atoms with E-state index in [1.54, 1.807) is 0 Å². The standard InChI is InChI=1S/C16H27N3/c1-4-15-12-19(11-14-7-9-17-10-8-14)16(5-2,6-3)13-18-15/h7-10,15,18H,4-6,11-13H2,1-3H3.